The van der Waals surface area contributed by atoms with Crippen LogP contribution in [0, 0.1) is 6.92 Å². The van der Waals surface area contributed by atoms with Gasteiger partial charge in [0, 0.05) is 18.5 Å². The average Bonchev–Trinajstić information content (AvgIpc) is 2.86. The Labute approximate surface area is 148 Å². The Morgan fingerprint density at radius 2 is 2.08 bits per heavy atom. The van der Waals surface area contributed by atoms with Crippen molar-refractivity contribution in [3.8, 4) is 0 Å². The summed E-state index contributed by atoms with van der Waals surface area (Å²) in [6.45, 7) is 7.49. The highest BCUT2D eigenvalue weighted by molar-refractivity contribution is 7.16. The molecule has 128 valence electrons. The van der Waals surface area contributed by atoms with E-state index < -0.39 is 0 Å². The number of amidine groups is 1. The van der Waals surface area contributed by atoms with E-state index in [1.54, 1.807) is 11.3 Å². The van der Waals surface area contributed by atoms with Crippen LogP contribution in [0.15, 0.2) is 35.3 Å². The SMILES string of the molecule is CCCNCCCN(C)C1=Nc2ccccc2Nc2sc(C)cc21. The third kappa shape index (κ3) is 3.79. The van der Waals surface area contributed by atoms with E-state index in [2.05, 4.69) is 60.7 Å². The van der Waals surface area contributed by atoms with Gasteiger partial charge in [-0.25, -0.2) is 4.99 Å². The highest BCUT2D eigenvalue weighted by atomic mass is 32.1. The van der Waals surface area contributed by atoms with Gasteiger partial charge >= 0.3 is 0 Å². The summed E-state index contributed by atoms with van der Waals surface area (Å²) in [7, 11) is 2.14. The van der Waals surface area contributed by atoms with Crippen LogP contribution in [0.25, 0.3) is 0 Å². The number of hydrogen-bond donors (Lipinski definition) is 2. The number of para-hydroxylation sites is 2. The van der Waals surface area contributed by atoms with E-state index in [1.165, 1.54) is 21.9 Å². The fraction of sp³-hybridized carbons (Fsp3) is 0.421. The molecule has 0 unspecified atom stereocenters. The van der Waals surface area contributed by atoms with Crippen molar-refractivity contribution in [1.82, 2.24) is 10.2 Å². The summed E-state index contributed by atoms with van der Waals surface area (Å²) >= 11 is 1.79. The van der Waals surface area contributed by atoms with E-state index in [4.69, 9.17) is 4.99 Å². The summed E-state index contributed by atoms with van der Waals surface area (Å²) in [5.41, 5.74) is 3.29. The first-order chi connectivity index (χ1) is 11.7. The average molecular weight is 343 g/mol. The van der Waals surface area contributed by atoms with Gasteiger partial charge in [0.25, 0.3) is 0 Å². The van der Waals surface area contributed by atoms with E-state index in [9.17, 15) is 0 Å². The van der Waals surface area contributed by atoms with Crippen molar-refractivity contribution < 1.29 is 0 Å². The van der Waals surface area contributed by atoms with Crippen LogP contribution in [0.3, 0.4) is 0 Å². The van der Waals surface area contributed by atoms with E-state index in [1.807, 2.05) is 6.07 Å². The van der Waals surface area contributed by atoms with Crippen LogP contribution in [-0.4, -0.2) is 37.4 Å². The summed E-state index contributed by atoms with van der Waals surface area (Å²) in [4.78, 5) is 8.56. The van der Waals surface area contributed by atoms with Crippen molar-refractivity contribution >= 4 is 33.5 Å². The number of aryl methyl sites for hydroxylation is 1. The minimum atomic E-state index is 0.992. The summed E-state index contributed by atoms with van der Waals surface area (Å²) < 4.78 is 0. The highest BCUT2D eigenvalue weighted by Crippen LogP contribution is 2.38. The Bertz CT molecular complexity index is 720. The molecule has 0 atom stereocenters. The third-order valence-corrected chi connectivity index (χ3v) is 5.08. The molecule has 24 heavy (non-hydrogen) atoms. The second-order valence-electron chi connectivity index (χ2n) is 6.20. The summed E-state index contributed by atoms with van der Waals surface area (Å²) in [5, 5.41) is 8.21. The topological polar surface area (TPSA) is 39.7 Å². The maximum Gasteiger partial charge on any atom is 0.139 e. The second kappa shape index (κ2) is 7.81. The first-order valence-electron chi connectivity index (χ1n) is 8.66. The lowest BCUT2D eigenvalue weighted by Gasteiger charge is -2.21. The van der Waals surface area contributed by atoms with Crippen LogP contribution in [0.5, 0.6) is 0 Å². The Morgan fingerprint density at radius 3 is 2.92 bits per heavy atom. The van der Waals surface area contributed by atoms with Crippen molar-refractivity contribution in [3.63, 3.8) is 0 Å². The minimum Gasteiger partial charge on any atom is -0.359 e. The quantitative estimate of drug-likeness (QED) is 0.759. The fourth-order valence-corrected chi connectivity index (χ4v) is 3.81. The number of nitrogens with zero attached hydrogens (tertiary/aromatic N) is 2. The molecule has 3 rings (SSSR count). The van der Waals surface area contributed by atoms with Gasteiger partial charge in [-0.15, -0.1) is 11.3 Å². The molecule has 0 radical (unpaired) electrons. The van der Waals surface area contributed by atoms with Crippen LogP contribution in [0.1, 0.15) is 30.2 Å². The lowest BCUT2D eigenvalue weighted by molar-refractivity contribution is 0.475. The molecule has 4 nitrogen and oxygen atoms in total. The zero-order valence-corrected chi connectivity index (χ0v) is 15.5. The van der Waals surface area contributed by atoms with Gasteiger partial charge in [0.1, 0.15) is 10.8 Å². The summed E-state index contributed by atoms with van der Waals surface area (Å²) in [6, 6.07) is 10.5. The Balaban J connectivity index is 1.82. The molecule has 1 aliphatic rings. The molecule has 5 heteroatoms. The number of nitrogens with one attached hydrogen (secondary N) is 2. The van der Waals surface area contributed by atoms with Crippen molar-refractivity contribution in [1.29, 1.82) is 0 Å². The number of hydrogen-bond acceptors (Lipinski definition) is 5. The van der Waals surface area contributed by atoms with Crippen LogP contribution >= 0.6 is 11.3 Å². The maximum atomic E-state index is 4.98. The molecule has 0 aliphatic carbocycles. The molecular formula is C19H26N4S. The molecule has 2 aromatic rings. The summed E-state index contributed by atoms with van der Waals surface area (Å²) in [5.74, 6) is 1.06. The minimum absolute atomic E-state index is 0.992. The lowest BCUT2D eigenvalue weighted by atomic mass is 10.2. The number of aliphatic imine (C=N–C) groups is 1. The Morgan fingerprint density at radius 1 is 1.25 bits per heavy atom. The third-order valence-electron chi connectivity index (χ3n) is 4.11. The van der Waals surface area contributed by atoms with Gasteiger partial charge in [0.05, 0.1) is 16.9 Å². The largest absolute Gasteiger partial charge is 0.359 e. The Kier molecular flexibility index (Phi) is 5.53. The molecule has 0 saturated carbocycles. The highest BCUT2D eigenvalue weighted by Gasteiger charge is 2.21. The van der Waals surface area contributed by atoms with Crippen LogP contribution < -0.4 is 10.6 Å². The van der Waals surface area contributed by atoms with E-state index in [0.29, 0.717) is 0 Å². The van der Waals surface area contributed by atoms with Gasteiger partial charge in [-0.2, -0.15) is 0 Å². The molecule has 0 bridgehead atoms. The first-order valence-corrected chi connectivity index (χ1v) is 9.48. The van der Waals surface area contributed by atoms with Gasteiger partial charge < -0.3 is 15.5 Å². The van der Waals surface area contributed by atoms with Crippen molar-refractivity contribution in [3.05, 3.63) is 40.8 Å². The van der Waals surface area contributed by atoms with Gasteiger partial charge in [-0.05, 0) is 51.1 Å². The predicted octanol–water partition coefficient (Wildman–Crippen LogP) is 4.51. The molecule has 2 N–H and O–H groups in total. The van der Waals surface area contributed by atoms with E-state index in [0.717, 1.165) is 43.3 Å². The van der Waals surface area contributed by atoms with Crippen molar-refractivity contribution in [2.45, 2.75) is 26.7 Å². The number of anilines is 2. The van der Waals surface area contributed by atoms with Crippen molar-refractivity contribution in [2.24, 2.45) is 4.99 Å². The van der Waals surface area contributed by atoms with Crippen LogP contribution in [0.4, 0.5) is 16.4 Å². The fourth-order valence-electron chi connectivity index (χ4n) is 2.89. The monoisotopic (exact) mass is 342 g/mol. The molecule has 0 fully saturated rings. The molecule has 0 spiro atoms. The Hall–Kier alpha value is -1.85. The molecular weight excluding hydrogens is 316 g/mol. The van der Waals surface area contributed by atoms with Gasteiger partial charge in [-0.3, -0.25) is 0 Å². The van der Waals surface area contributed by atoms with Crippen LogP contribution in [-0.2, 0) is 0 Å². The zero-order chi connectivity index (χ0) is 16.9. The smallest absolute Gasteiger partial charge is 0.139 e. The molecule has 2 heterocycles. The molecule has 1 aromatic carbocycles. The molecule has 1 aliphatic heterocycles. The van der Waals surface area contributed by atoms with Crippen LogP contribution in [0.2, 0.25) is 0 Å². The number of thiophene rings is 1. The lowest BCUT2D eigenvalue weighted by Crippen LogP contribution is -2.30. The summed E-state index contributed by atoms with van der Waals surface area (Å²) in [6.07, 6.45) is 2.30. The second-order valence-corrected chi connectivity index (χ2v) is 7.46. The number of fused-ring (bicyclic) bond motifs is 2. The number of rotatable bonds is 6. The normalized spacial score (nSPS) is 12.7. The maximum absolute atomic E-state index is 4.98. The number of benzene rings is 1. The first kappa shape index (κ1) is 17.0. The molecule has 1 aromatic heterocycles. The molecule has 0 saturated heterocycles. The van der Waals surface area contributed by atoms with Crippen molar-refractivity contribution in [2.75, 3.05) is 32.0 Å². The van der Waals surface area contributed by atoms with Gasteiger partial charge in [0.2, 0.25) is 0 Å². The van der Waals surface area contributed by atoms with Gasteiger partial charge in [-0.1, -0.05) is 19.1 Å². The van der Waals surface area contributed by atoms with E-state index in [-0.39, 0.29) is 0 Å². The van der Waals surface area contributed by atoms with Gasteiger partial charge in [0.15, 0.2) is 0 Å². The standard InChI is InChI=1S/C19H26N4S/c1-4-10-20-11-7-12-23(3)18-15-13-14(2)24-19(15)22-17-9-6-5-8-16(17)21-18/h5-6,8-9,13,20,22H,4,7,10-12H2,1-3H3. The molecule has 0 amide bonds. The zero-order valence-electron chi connectivity index (χ0n) is 14.7. The van der Waals surface area contributed by atoms with E-state index >= 15 is 0 Å². The predicted molar refractivity (Wildman–Crippen MR) is 105 cm³/mol.